The Balaban J connectivity index is 0.000000257. The van der Waals surface area contributed by atoms with Crippen molar-refractivity contribution in [2.24, 2.45) is 5.92 Å². The molecule has 0 spiro atoms. The summed E-state index contributed by atoms with van der Waals surface area (Å²) in [7, 11) is 2.03. The summed E-state index contributed by atoms with van der Waals surface area (Å²) in [4.78, 5) is 29.4. The molecule has 35 heavy (non-hydrogen) atoms. The lowest BCUT2D eigenvalue weighted by molar-refractivity contribution is -0.193. The summed E-state index contributed by atoms with van der Waals surface area (Å²) in [5.74, 6) is -2.47. The maximum atomic E-state index is 10.6. The van der Waals surface area contributed by atoms with E-state index in [1.54, 1.807) is 0 Å². The zero-order valence-corrected chi connectivity index (χ0v) is 18.8. The minimum atomic E-state index is -5.08. The molecule has 0 bridgehead atoms. The van der Waals surface area contributed by atoms with Crippen LogP contribution in [0.3, 0.4) is 0 Å². The highest BCUT2D eigenvalue weighted by Crippen LogP contribution is 2.46. The smallest absolute Gasteiger partial charge is 0.475 e. The van der Waals surface area contributed by atoms with Crippen molar-refractivity contribution in [3.8, 4) is 0 Å². The number of fused-ring (bicyclic) bond motifs is 3. The van der Waals surface area contributed by atoms with Crippen molar-refractivity contribution >= 4 is 23.7 Å². The highest BCUT2D eigenvalue weighted by molar-refractivity contribution is 5.73. The molecular weight excluding hydrogens is 488 g/mol. The van der Waals surface area contributed by atoms with Crippen molar-refractivity contribution in [1.29, 1.82) is 0 Å². The van der Waals surface area contributed by atoms with Gasteiger partial charge < -0.3 is 26.2 Å². The number of hydrogen-bond donors (Lipinski definition) is 4. The molecule has 5 N–H and O–H groups in total. The molecule has 2 fully saturated rings. The van der Waals surface area contributed by atoms with Crippen molar-refractivity contribution in [2.45, 2.75) is 62.8 Å². The van der Waals surface area contributed by atoms with Gasteiger partial charge in [-0.3, -0.25) is 0 Å². The van der Waals surface area contributed by atoms with Crippen LogP contribution in [0.25, 0.3) is 0 Å². The summed E-state index contributed by atoms with van der Waals surface area (Å²) < 4.78 is 63.5. The Morgan fingerprint density at radius 3 is 1.97 bits per heavy atom. The number of aromatic nitrogens is 2. The van der Waals surface area contributed by atoms with Crippen LogP contribution >= 0.6 is 0 Å². The summed E-state index contributed by atoms with van der Waals surface area (Å²) in [6.07, 6.45) is -2.35. The fourth-order valence-corrected chi connectivity index (χ4v) is 4.39. The molecule has 0 amide bonds. The Bertz CT molecular complexity index is 881. The molecule has 1 aromatic rings. The summed E-state index contributed by atoms with van der Waals surface area (Å²) in [5.41, 5.74) is 8.69. The average Bonchev–Trinajstić information content (AvgIpc) is 2.72. The summed E-state index contributed by atoms with van der Waals surface area (Å²) in [6.45, 7) is 2.07. The van der Waals surface area contributed by atoms with Crippen molar-refractivity contribution in [3.05, 3.63) is 11.3 Å². The number of carboxylic acids is 2. The largest absolute Gasteiger partial charge is 0.490 e. The number of likely N-dealkylation sites (N-methyl/N-ethyl adjacent to an activating group) is 1. The van der Waals surface area contributed by atoms with Crippen molar-refractivity contribution in [2.75, 3.05) is 30.8 Å². The standard InChI is InChI=1S/C16H25N5.2C2HF3O2/c1-18-11-8-21(9-11)15-13-7-6-10-4-2-3-5-12(10)14(13)19-16(17)20-15;2*3-2(4,5)1(6)7/h10-12,18H,2-9H2,1H3,(H2,17,19,20);2*(H,6,7)/t10-,12+;;/m0../s1. The Morgan fingerprint density at radius 2 is 1.49 bits per heavy atom. The van der Waals surface area contributed by atoms with Crippen molar-refractivity contribution < 1.29 is 46.1 Å². The number of nitrogens with two attached hydrogens (primary N) is 1. The van der Waals surface area contributed by atoms with Crippen LogP contribution in [-0.2, 0) is 16.0 Å². The molecule has 1 saturated carbocycles. The van der Waals surface area contributed by atoms with Crippen LogP contribution in [-0.4, -0.2) is 70.7 Å². The van der Waals surface area contributed by atoms with E-state index in [1.807, 2.05) is 7.05 Å². The quantitative estimate of drug-likeness (QED) is 0.438. The minimum Gasteiger partial charge on any atom is -0.475 e. The zero-order chi connectivity index (χ0) is 26.6. The van der Waals surface area contributed by atoms with Crippen LogP contribution < -0.4 is 16.0 Å². The third-order valence-corrected chi connectivity index (χ3v) is 6.13. The third-order valence-electron chi connectivity index (χ3n) is 6.13. The SMILES string of the molecule is CNC1CN(c2nc(N)nc3c2CC[C@@H]2CCCC[C@@H]32)C1.O=C(O)C(F)(F)F.O=C(O)C(F)(F)F. The predicted molar refractivity (Wildman–Crippen MR) is 112 cm³/mol. The Labute approximate surface area is 196 Å². The Kier molecular flexibility index (Phi) is 9.14. The number of alkyl halides is 6. The van der Waals surface area contributed by atoms with E-state index in [1.165, 1.54) is 43.4 Å². The second kappa shape index (κ2) is 11.3. The molecule has 2 atom stereocenters. The van der Waals surface area contributed by atoms with E-state index in [-0.39, 0.29) is 0 Å². The molecule has 1 aromatic heterocycles. The number of carbonyl (C=O) groups is 2. The van der Waals surface area contributed by atoms with Crippen LogP contribution in [0.15, 0.2) is 0 Å². The lowest BCUT2D eigenvalue weighted by atomic mass is 9.70. The van der Waals surface area contributed by atoms with E-state index in [9.17, 15) is 26.3 Å². The summed E-state index contributed by atoms with van der Waals surface area (Å²) >= 11 is 0. The molecule has 1 aliphatic heterocycles. The van der Waals surface area contributed by atoms with E-state index in [0.717, 1.165) is 31.2 Å². The van der Waals surface area contributed by atoms with Crippen molar-refractivity contribution in [1.82, 2.24) is 15.3 Å². The molecule has 0 radical (unpaired) electrons. The maximum absolute atomic E-state index is 10.6. The van der Waals surface area contributed by atoms with Gasteiger partial charge in [-0.2, -0.15) is 31.3 Å². The van der Waals surface area contributed by atoms with E-state index in [2.05, 4.69) is 20.2 Å². The van der Waals surface area contributed by atoms with Gasteiger partial charge >= 0.3 is 24.3 Å². The number of aliphatic carboxylic acids is 2. The van der Waals surface area contributed by atoms with Gasteiger partial charge in [0, 0.05) is 30.6 Å². The molecule has 2 aliphatic carbocycles. The molecular formula is C20H27F6N5O4. The fourth-order valence-electron chi connectivity index (χ4n) is 4.39. The zero-order valence-electron chi connectivity index (χ0n) is 18.8. The second-order valence-electron chi connectivity index (χ2n) is 8.46. The number of halogens is 6. The lowest BCUT2D eigenvalue weighted by Crippen LogP contribution is -2.57. The van der Waals surface area contributed by atoms with Crippen molar-refractivity contribution in [3.63, 3.8) is 0 Å². The first kappa shape index (κ1) is 28.4. The van der Waals surface area contributed by atoms with Gasteiger partial charge in [0.15, 0.2) is 0 Å². The molecule has 9 nitrogen and oxygen atoms in total. The number of rotatable bonds is 2. The Hall–Kier alpha value is -2.84. The molecule has 0 aromatic carbocycles. The number of anilines is 2. The first-order chi connectivity index (χ1) is 16.1. The van der Waals surface area contributed by atoms with Gasteiger partial charge in [-0.1, -0.05) is 12.8 Å². The first-order valence-electron chi connectivity index (χ1n) is 10.8. The van der Waals surface area contributed by atoms with Crippen LogP contribution in [0.2, 0.25) is 0 Å². The Morgan fingerprint density at radius 1 is 0.971 bits per heavy atom. The molecule has 4 rings (SSSR count). The van der Waals surface area contributed by atoms with Crippen LogP contribution in [0.5, 0.6) is 0 Å². The van der Waals surface area contributed by atoms with Gasteiger partial charge in [0.1, 0.15) is 5.82 Å². The van der Waals surface area contributed by atoms with Crippen LogP contribution in [0.4, 0.5) is 38.1 Å². The van der Waals surface area contributed by atoms with Crippen LogP contribution in [0.1, 0.15) is 49.3 Å². The van der Waals surface area contributed by atoms with E-state index < -0.39 is 24.3 Å². The van der Waals surface area contributed by atoms with Gasteiger partial charge in [-0.25, -0.2) is 14.6 Å². The molecule has 0 unspecified atom stereocenters. The fraction of sp³-hybridized carbons (Fsp3) is 0.700. The van der Waals surface area contributed by atoms with E-state index in [0.29, 0.717) is 17.9 Å². The van der Waals surface area contributed by atoms with Gasteiger partial charge in [0.05, 0.1) is 5.69 Å². The number of hydrogen-bond acceptors (Lipinski definition) is 7. The maximum Gasteiger partial charge on any atom is 0.490 e. The average molecular weight is 515 g/mol. The number of nitrogens with one attached hydrogen (secondary N) is 1. The van der Waals surface area contributed by atoms with Gasteiger partial charge in [0.2, 0.25) is 5.95 Å². The lowest BCUT2D eigenvalue weighted by Gasteiger charge is -2.43. The monoisotopic (exact) mass is 515 g/mol. The summed E-state index contributed by atoms with van der Waals surface area (Å²) in [5, 5.41) is 17.6. The second-order valence-corrected chi connectivity index (χ2v) is 8.46. The minimum absolute atomic E-state index is 0.461. The summed E-state index contributed by atoms with van der Waals surface area (Å²) in [6, 6.07) is 0.586. The molecule has 2 heterocycles. The van der Waals surface area contributed by atoms with Gasteiger partial charge in [0.25, 0.3) is 0 Å². The highest BCUT2D eigenvalue weighted by Gasteiger charge is 2.39. The topological polar surface area (TPSA) is 142 Å². The third kappa shape index (κ3) is 7.57. The number of nitrogens with zero attached hydrogens (tertiary/aromatic N) is 3. The van der Waals surface area contributed by atoms with E-state index >= 15 is 0 Å². The highest BCUT2D eigenvalue weighted by atomic mass is 19.4. The number of nitrogen functional groups attached to an aromatic ring is 1. The molecule has 3 aliphatic rings. The molecule has 1 saturated heterocycles. The van der Waals surface area contributed by atoms with E-state index in [4.69, 9.17) is 25.5 Å². The van der Waals surface area contributed by atoms with Crippen LogP contribution in [0, 0.1) is 5.92 Å². The van der Waals surface area contributed by atoms with Gasteiger partial charge in [-0.15, -0.1) is 0 Å². The first-order valence-corrected chi connectivity index (χ1v) is 10.8. The number of carboxylic acid groups (broad SMARTS) is 2. The normalized spacial score (nSPS) is 21.7. The van der Waals surface area contributed by atoms with Gasteiger partial charge in [-0.05, 0) is 38.6 Å². The molecule has 15 heteroatoms. The molecule has 198 valence electrons. The predicted octanol–water partition coefficient (Wildman–Crippen LogP) is 2.95.